The highest BCUT2D eigenvalue weighted by Gasteiger charge is 2.31. The first-order chi connectivity index (χ1) is 9.26. The Balaban J connectivity index is 2.08. The highest BCUT2D eigenvalue weighted by atomic mass is 16.1. The Labute approximate surface area is 116 Å². The van der Waals surface area contributed by atoms with Crippen molar-refractivity contribution in [3.8, 4) is 0 Å². The van der Waals surface area contributed by atoms with E-state index in [9.17, 15) is 4.79 Å². The molecule has 1 aliphatic rings. The van der Waals surface area contributed by atoms with Gasteiger partial charge in [0.2, 0.25) is 0 Å². The van der Waals surface area contributed by atoms with E-state index >= 15 is 0 Å². The van der Waals surface area contributed by atoms with Gasteiger partial charge in [-0.15, -0.1) is 0 Å². The number of nitrogens with two attached hydrogens (primary N) is 1. The van der Waals surface area contributed by atoms with Gasteiger partial charge >= 0.3 is 0 Å². The van der Waals surface area contributed by atoms with Gasteiger partial charge in [0.1, 0.15) is 5.78 Å². The number of Topliss-reactive ketones (excluding diaryl/α,β-unsaturated/α-hetero) is 1. The van der Waals surface area contributed by atoms with Crippen LogP contribution in [0, 0.1) is 11.8 Å². The van der Waals surface area contributed by atoms with E-state index in [1.807, 2.05) is 30.3 Å². The Morgan fingerprint density at radius 1 is 1.32 bits per heavy atom. The quantitative estimate of drug-likeness (QED) is 0.879. The summed E-state index contributed by atoms with van der Waals surface area (Å²) < 4.78 is 0. The summed E-state index contributed by atoms with van der Waals surface area (Å²) in [6.45, 7) is 2.66. The molecule has 3 atom stereocenters. The maximum Gasteiger partial charge on any atom is 0.144 e. The molecule has 2 N–H and O–H groups in total. The van der Waals surface area contributed by atoms with Crippen molar-refractivity contribution < 1.29 is 4.79 Å². The lowest BCUT2D eigenvalue weighted by atomic mass is 9.74. The summed E-state index contributed by atoms with van der Waals surface area (Å²) in [7, 11) is 0. The van der Waals surface area contributed by atoms with Crippen molar-refractivity contribution in [1.82, 2.24) is 0 Å². The number of ketones is 1. The Morgan fingerprint density at radius 2 is 2.05 bits per heavy atom. The molecule has 3 unspecified atom stereocenters. The van der Waals surface area contributed by atoms with E-state index in [4.69, 9.17) is 5.73 Å². The minimum absolute atomic E-state index is 0.109. The van der Waals surface area contributed by atoms with E-state index in [1.165, 1.54) is 19.3 Å². The van der Waals surface area contributed by atoms with Crippen LogP contribution in [0.5, 0.6) is 0 Å². The third kappa shape index (κ3) is 3.44. The van der Waals surface area contributed by atoms with E-state index in [2.05, 4.69) is 6.92 Å². The lowest BCUT2D eigenvalue weighted by Gasteiger charge is -2.30. The molecule has 0 amide bonds. The van der Waals surface area contributed by atoms with Crippen molar-refractivity contribution in [3.05, 3.63) is 35.9 Å². The van der Waals surface area contributed by atoms with Crippen molar-refractivity contribution in [3.63, 3.8) is 0 Å². The average Bonchev–Trinajstić information content (AvgIpc) is 2.49. The van der Waals surface area contributed by atoms with Gasteiger partial charge in [-0.3, -0.25) is 4.79 Å². The summed E-state index contributed by atoms with van der Waals surface area (Å²) in [5.74, 6) is 1.22. The Bertz CT molecular complexity index is 401. The predicted octanol–water partition coefficient (Wildman–Crippen LogP) is 3.51. The van der Waals surface area contributed by atoms with Crippen LogP contribution in [0.3, 0.4) is 0 Å². The van der Waals surface area contributed by atoms with Crippen LogP contribution in [0.2, 0.25) is 0 Å². The fourth-order valence-electron chi connectivity index (χ4n) is 3.31. The first kappa shape index (κ1) is 14.3. The molecular formula is C17H25NO. The molecule has 0 saturated heterocycles. The van der Waals surface area contributed by atoms with E-state index < -0.39 is 0 Å². The van der Waals surface area contributed by atoms with Gasteiger partial charge in [-0.1, -0.05) is 56.5 Å². The minimum atomic E-state index is -0.109. The van der Waals surface area contributed by atoms with Crippen LogP contribution in [0.1, 0.15) is 50.5 Å². The average molecular weight is 259 g/mol. The number of benzene rings is 1. The third-order valence-corrected chi connectivity index (χ3v) is 4.54. The van der Waals surface area contributed by atoms with Gasteiger partial charge in [0, 0.05) is 12.5 Å². The molecule has 0 heterocycles. The fourth-order valence-corrected chi connectivity index (χ4v) is 3.31. The van der Waals surface area contributed by atoms with Crippen molar-refractivity contribution in [2.24, 2.45) is 17.6 Å². The standard InChI is InChI=1S/C17H25NO/c1-2-13-7-6-10-15(11-13)17(19)16(12-18)14-8-4-3-5-9-14/h3-5,8-9,13,15-16H,2,6-7,10-12,18H2,1H3. The van der Waals surface area contributed by atoms with Crippen molar-refractivity contribution in [2.45, 2.75) is 44.9 Å². The predicted molar refractivity (Wildman–Crippen MR) is 79.0 cm³/mol. The number of hydrogen-bond donors (Lipinski definition) is 1. The SMILES string of the molecule is CCC1CCCC(C(=O)C(CN)c2ccccc2)C1. The van der Waals surface area contributed by atoms with Gasteiger partial charge in [-0.25, -0.2) is 0 Å². The highest BCUT2D eigenvalue weighted by Crippen LogP contribution is 2.34. The van der Waals surface area contributed by atoms with E-state index in [0.717, 1.165) is 24.3 Å². The number of rotatable bonds is 5. The van der Waals surface area contributed by atoms with E-state index in [-0.39, 0.29) is 11.8 Å². The lowest BCUT2D eigenvalue weighted by Crippen LogP contribution is -2.31. The van der Waals surface area contributed by atoms with Crippen LogP contribution in [0.15, 0.2) is 30.3 Å². The highest BCUT2D eigenvalue weighted by molar-refractivity contribution is 5.88. The van der Waals surface area contributed by atoms with Gasteiger partial charge in [0.15, 0.2) is 0 Å². The smallest absolute Gasteiger partial charge is 0.144 e. The van der Waals surface area contributed by atoms with Gasteiger partial charge in [0.25, 0.3) is 0 Å². The topological polar surface area (TPSA) is 43.1 Å². The molecule has 1 saturated carbocycles. The maximum atomic E-state index is 12.7. The lowest BCUT2D eigenvalue weighted by molar-refractivity contribution is -0.125. The summed E-state index contributed by atoms with van der Waals surface area (Å²) in [6, 6.07) is 10.0. The van der Waals surface area contributed by atoms with Gasteiger partial charge < -0.3 is 5.73 Å². The zero-order valence-corrected chi connectivity index (χ0v) is 11.8. The molecule has 0 spiro atoms. The summed E-state index contributed by atoms with van der Waals surface area (Å²) in [5.41, 5.74) is 6.94. The van der Waals surface area contributed by atoms with Crippen LogP contribution in [0.25, 0.3) is 0 Å². The molecule has 1 aliphatic carbocycles. The Kier molecular flexibility index (Phi) is 5.15. The first-order valence-electron chi connectivity index (χ1n) is 7.55. The first-order valence-corrected chi connectivity index (χ1v) is 7.55. The van der Waals surface area contributed by atoms with E-state index in [0.29, 0.717) is 12.3 Å². The molecule has 1 aromatic carbocycles. The molecule has 2 rings (SSSR count). The summed E-state index contributed by atoms with van der Waals surface area (Å²) >= 11 is 0. The second-order valence-corrected chi connectivity index (χ2v) is 5.74. The molecule has 0 radical (unpaired) electrons. The third-order valence-electron chi connectivity index (χ3n) is 4.54. The van der Waals surface area contributed by atoms with Gasteiger partial charge in [-0.05, 0) is 24.3 Å². The fraction of sp³-hybridized carbons (Fsp3) is 0.588. The number of hydrogen-bond acceptors (Lipinski definition) is 2. The molecular weight excluding hydrogens is 234 g/mol. The van der Waals surface area contributed by atoms with Gasteiger partial charge in [-0.2, -0.15) is 0 Å². The summed E-state index contributed by atoms with van der Waals surface area (Å²) in [6.07, 6.45) is 5.81. The largest absolute Gasteiger partial charge is 0.329 e. The summed E-state index contributed by atoms with van der Waals surface area (Å²) in [5, 5.41) is 0. The molecule has 0 aromatic heterocycles. The van der Waals surface area contributed by atoms with Crippen molar-refractivity contribution in [2.75, 3.05) is 6.54 Å². The van der Waals surface area contributed by atoms with Crippen LogP contribution in [-0.4, -0.2) is 12.3 Å². The van der Waals surface area contributed by atoms with Crippen LogP contribution in [-0.2, 0) is 4.79 Å². The molecule has 2 nitrogen and oxygen atoms in total. The van der Waals surface area contributed by atoms with E-state index in [1.54, 1.807) is 0 Å². The normalized spacial score (nSPS) is 24.9. The second-order valence-electron chi connectivity index (χ2n) is 5.74. The Morgan fingerprint density at radius 3 is 2.68 bits per heavy atom. The van der Waals surface area contributed by atoms with Crippen molar-refractivity contribution >= 4 is 5.78 Å². The molecule has 0 aliphatic heterocycles. The number of carbonyl (C=O) groups is 1. The monoisotopic (exact) mass is 259 g/mol. The van der Waals surface area contributed by atoms with Crippen LogP contribution in [0.4, 0.5) is 0 Å². The van der Waals surface area contributed by atoms with Crippen molar-refractivity contribution in [1.29, 1.82) is 0 Å². The molecule has 1 fully saturated rings. The number of carbonyl (C=O) groups excluding carboxylic acids is 1. The molecule has 1 aromatic rings. The zero-order chi connectivity index (χ0) is 13.7. The van der Waals surface area contributed by atoms with Crippen LogP contribution < -0.4 is 5.73 Å². The van der Waals surface area contributed by atoms with Crippen LogP contribution >= 0.6 is 0 Å². The zero-order valence-electron chi connectivity index (χ0n) is 11.8. The second kappa shape index (κ2) is 6.85. The minimum Gasteiger partial charge on any atom is -0.329 e. The molecule has 2 heteroatoms. The molecule has 19 heavy (non-hydrogen) atoms. The molecule has 0 bridgehead atoms. The molecule has 104 valence electrons. The Hall–Kier alpha value is -1.15. The summed E-state index contributed by atoms with van der Waals surface area (Å²) in [4.78, 5) is 12.7. The maximum absolute atomic E-state index is 12.7. The van der Waals surface area contributed by atoms with Gasteiger partial charge in [0.05, 0.1) is 5.92 Å².